The van der Waals surface area contributed by atoms with Crippen LogP contribution in [0, 0.1) is 6.92 Å². The van der Waals surface area contributed by atoms with Crippen molar-refractivity contribution in [2.45, 2.75) is 63.7 Å². The number of carbonyl (C=O) groups is 1. The van der Waals surface area contributed by atoms with Crippen molar-refractivity contribution in [2.75, 3.05) is 0 Å². The van der Waals surface area contributed by atoms with E-state index < -0.39 is 0 Å². The number of carbonyl (C=O) groups excluding carboxylic acids is 1. The van der Waals surface area contributed by atoms with Crippen LogP contribution < -0.4 is 5.32 Å². The number of amides is 1. The second-order valence-corrected chi connectivity index (χ2v) is 7.78. The third-order valence-electron chi connectivity index (χ3n) is 5.87. The molecule has 4 nitrogen and oxygen atoms in total. The Balaban J connectivity index is 1.41. The molecule has 0 radical (unpaired) electrons. The molecule has 26 heavy (non-hydrogen) atoms. The molecule has 2 aromatic rings. The molecule has 4 rings (SSSR count). The molecule has 0 spiro atoms. The highest BCUT2D eigenvalue weighted by Crippen LogP contribution is 2.35. The molecule has 2 saturated heterocycles. The lowest BCUT2D eigenvalue weighted by molar-refractivity contribution is 0.0177. The molecule has 0 unspecified atom stereocenters. The van der Waals surface area contributed by atoms with Gasteiger partial charge >= 0.3 is 0 Å². The zero-order valence-corrected chi connectivity index (χ0v) is 15.4. The summed E-state index contributed by atoms with van der Waals surface area (Å²) in [6.07, 6.45) is 9.22. The van der Waals surface area contributed by atoms with Crippen LogP contribution in [0.3, 0.4) is 0 Å². The zero-order chi connectivity index (χ0) is 17.9. The fourth-order valence-electron chi connectivity index (χ4n) is 4.52. The second kappa shape index (κ2) is 7.58. The van der Waals surface area contributed by atoms with E-state index in [4.69, 9.17) is 0 Å². The Morgan fingerprint density at radius 3 is 2.54 bits per heavy atom. The van der Waals surface area contributed by atoms with Crippen LogP contribution in [0.25, 0.3) is 0 Å². The summed E-state index contributed by atoms with van der Waals surface area (Å²) >= 11 is 0. The Morgan fingerprint density at radius 1 is 1.15 bits per heavy atom. The lowest BCUT2D eigenvalue weighted by Gasteiger charge is -2.49. The van der Waals surface area contributed by atoms with Crippen LogP contribution in [0.2, 0.25) is 0 Å². The van der Waals surface area contributed by atoms with Crippen LogP contribution in [0.1, 0.15) is 53.6 Å². The quantitative estimate of drug-likeness (QED) is 0.915. The second-order valence-electron chi connectivity index (χ2n) is 7.78. The van der Waals surface area contributed by atoms with Crippen molar-refractivity contribution in [1.82, 2.24) is 15.2 Å². The number of nitrogens with zero attached hydrogens (tertiary/aromatic N) is 2. The Kier molecular flexibility index (Phi) is 5.02. The van der Waals surface area contributed by atoms with E-state index >= 15 is 0 Å². The van der Waals surface area contributed by atoms with E-state index in [9.17, 15) is 4.79 Å². The van der Waals surface area contributed by atoms with Gasteiger partial charge in [-0.25, -0.2) is 0 Å². The maximum atomic E-state index is 12.5. The van der Waals surface area contributed by atoms with Crippen molar-refractivity contribution in [3.8, 4) is 0 Å². The van der Waals surface area contributed by atoms with E-state index in [1.54, 1.807) is 12.4 Å². The van der Waals surface area contributed by atoms with Crippen molar-refractivity contribution in [3.63, 3.8) is 0 Å². The molecule has 4 heteroatoms. The van der Waals surface area contributed by atoms with Gasteiger partial charge in [-0.15, -0.1) is 0 Å². The van der Waals surface area contributed by atoms with E-state index in [2.05, 4.69) is 46.4 Å². The number of aryl methyl sites for hydroxylation is 1. The van der Waals surface area contributed by atoms with Gasteiger partial charge < -0.3 is 5.32 Å². The van der Waals surface area contributed by atoms with Gasteiger partial charge in [-0.1, -0.05) is 36.2 Å². The normalized spacial score (nSPS) is 25.7. The van der Waals surface area contributed by atoms with Crippen LogP contribution in [-0.2, 0) is 6.54 Å². The van der Waals surface area contributed by atoms with Crippen LogP contribution >= 0.6 is 0 Å². The lowest BCUT2D eigenvalue weighted by Crippen LogP contribution is -2.56. The van der Waals surface area contributed by atoms with Gasteiger partial charge in [0.05, 0.1) is 5.56 Å². The standard InChI is InChI=1S/C22H27N3O/c1-16-7-9-17(10-8-16)15-25-20-5-2-6-21(25)13-19(12-20)24-22(26)18-4-3-11-23-14-18/h3-4,7-11,14,19-21H,2,5-6,12-13,15H2,1H3,(H,24,26)/t20-,21-/m1/s1. The molecule has 136 valence electrons. The number of hydrogen-bond acceptors (Lipinski definition) is 3. The summed E-state index contributed by atoms with van der Waals surface area (Å²) in [5.74, 6) is 0.00755. The fraction of sp³-hybridized carbons (Fsp3) is 0.455. The van der Waals surface area contributed by atoms with Gasteiger partial charge in [0.15, 0.2) is 0 Å². The first kappa shape index (κ1) is 17.2. The van der Waals surface area contributed by atoms with Gasteiger partial charge in [0.2, 0.25) is 0 Å². The Labute approximate surface area is 155 Å². The van der Waals surface area contributed by atoms with E-state index in [-0.39, 0.29) is 11.9 Å². The van der Waals surface area contributed by atoms with Gasteiger partial charge in [-0.2, -0.15) is 0 Å². The first-order valence-electron chi connectivity index (χ1n) is 9.71. The average molecular weight is 349 g/mol. The summed E-state index contributed by atoms with van der Waals surface area (Å²) in [5, 5.41) is 3.25. The minimum absolute atomic E-state index is 0.00755. The van der Waals surface area contributed by atoms with Crippen LogP contribution in [0.5, 0.6) is 0 Å². The largest absolute Gasteiger partial charge is 0.349 e. The fourth-order valence-corrected chi connectivity index (χ4v) is 4.52. The minimum atomic E-state index is 0.00755. The third kappa shape index (κ3) is 3.80. The summed E-state index contributed by atoms with van der Waals surface area (Å²) in [7, 11) is 0. The van der Waals surface area contributed by atoms with Crippen molar-refractivity contribution < 1.29 is 4.79 Å². The Hall–Kier alpha value is -2.20. The molecule has 1 N–H and O–H groups in total. The van der Waals surface area contributed by atoms with Crippen LogP contribution in [-0.4, -0.2) is 33.9 Å². The molecule has 0 saturated carbocycles. The molecule has 1 amide bonds. The average Bonchev–Trinajstić information content (AvgIpc) is 2.65. The zero-order valence-electron chi connectivity index (χ0n) is 15.4. The summed E-state index contributed by atoms with van der Waals surface area (Å²) in [6, 6.07) is 14.0. The molecular weight excluding hydrogens is 322 g/mol. The Bertz CT molecular complexity index is 730. The molecule has 1 aromatic heterocycles. The van der Waals surface area contributed by atoms with Gasteiger partial charge in [0.1, 0.15) is 0 Å². The molecule has 0 aliphatic carbocycles. The summed E-state index contributed by atoms with van der Waals surface area (Å²) < 4.78 is 0. The van der Waals surface area contributed by atoms with Gasteiger partial charge in [0.25, 0.3) is 5.91 Å². The van der Waals surface area contributed by atoms with E-state index in [1.807, 2.05) is 12.1 Å². The van der Waals surface area contributed by atoms with Crippen molar-refractivity contribution in [3.05, 3.63) is 65.5 Å². The molecule has 2 atom stereocenters. The van der Waals surface area contributed by atoms with Crippen molar-refractivity contribution in [2.24, 2.45) is 0 Å². The molecule has 2 aliphatic rings. The number of benzene rings is 1. The summed E-state index contributed by atoms with van der Waals surface area (Å²) in [4.78, 5) is 19.2. The highest BCUT2D eigenvalue weighted by Gasteiger charge is 2.38. The minimum Gasteiger partial charge on any atom is -0.349 e. The maximum Gasteiger partial charge on any atom is 0.253 e. The number of rotatable bonds is 4. The number of fused-ring (bicyclic) bond motifs is 2. The predicted octanol–water partition coefficient (Wildman–Crippen LogP) is 3.71. The number of pyridine rings is 1. The highest BCUT2D eigenvalue weighted by molar-refractivity contribution is 5.94. The molecule has 2 bridgehead atoms. The summed E-state index contributed by atoms with van der Waals surface area (Å²) in [5.41, 5.74) is 3.36. The van der Waals surface area contributed by atoms with Gasteiger partial charge in [0, 0.05) is 37.1 Å². The third-order valence-corrected chi connectivity index (χ3v) is 5.87. The predicted molar refractivity (Wildman–Crippen MR) is 103 cm³/mol. The molecule has 2 fully saturated rings. The van der Waals surface area contributed by atoms with Gasteiger partial charge in [-0.3, -0.25) is 14.7 Å². The van der Waals surface area contributed by atoms with E-state index in [0.717, 1.165) is 19.4 Å². The molecule has 2 aliphatic heterocycles. The lowest BCUT2D eigenvalue weighted by atomic mass is 9.81. The topological polar surface area (TPSA) is 45.2 Å². The SMILES string of the molecule is Cc1ccc(CN2[C@@H]3CCC[C@@H]2CC(NC(=O)c2cccnc2)C3)cc1. The van der Waals surface area contributed by atoms with Crippen LogP contribution in [0.15, 0.2) is 48.8 Å². The smallest absolute Gasteiger partial charge is 0.253 e. The number of aromatic nitrogens is 1. The first-order chi connectivity index (χ1) is 12.7. The van der Waals surface area contributed by atoms with Gasteiger partial charge in [-0.05, 0) is 50.3 Å². The molecular formula is C22H27N3O. The van der Waals surface area contributed by atoms with Crippen LogP contribution in [0.4, 0.5) is 0 Å². The maximum absolute atomic E-state index is 12.5. The summed E-state index contributed by atoms with van der Waals surface area (Å²) in [6.45, 7) is 3.16. The first-order valence-corrected chi connectivity index (χ1v) is 9.71. The van der Waals surface area contributed by atoms with Crippen molar-refractivity contribution >= 4 is 5.91 Å². The number of hydrogen-bond donors (Lipinski definition) is 1. The van der Waals surface area contributed by atoms with Crippen molar-refractivity contribution in [1.29, 1.82) is 0 Å². The van der Waals surface area contributed by atoms with E-state index in [0.29, 0.717) is 17.6 Å². The highest BCUT2D eigenvalue weighted by atomic mass is 16.1. The Morgan fingerprint density at radius 2 is 1.88 bits per heavy atom. The van der Waals surface area contributed by atoms with E-state index in [1.165, 1.54) is 30.4 Å². The molecule has 1 aromatic carbocycles. The molecule has 3 heterocycles. The monoisotopic (exact) mass is 349 g/mol. The number of piperidine rings is 2. The number of nitrogens with one attached hydrogen (secondary N) is 1.